The van der Waals surface area contributed by atoms with Crippen molar-refractivity contribution >= 4 is 17.9 Å². The number of hydrogen-bond acceptors (Lipinski definition) is 8. The lowest BCUT2D eigenvalue weighted by Crippen LogP contribution is -2.44. The van der Waals surface area contributed by atoms with Crippen LogP contribution in [-0.4, -0.2) is 82.3 Å². The molecule has 9 nitrogen and oxygen atoms in total. The molecule has 0 fully saturated rings. The molecule has 0 heterocycles. The van der Waals surface area contributed by atoms with Gasteiger partial charge in [-0.05, 0) is 12.8 Å². The molecule has 0 radical (unpaired) electrons. The summed E-state index contributed by atoms with van der Waals surface area (Å²) in [5.41, 5.74) is 0. The van der Waals surface area contributed by atoms with Crippen LogP contribution in [0.4, 0.5) is 0 Å². The fraction of sp³-hybridized carbons (Fsp3) is 0.939. The monoisotopic (exact) mass is 826 g/mol. The van der Waals surface area contributed by atoms with Gasteiger partial charge in [-0.2, -0.15) is 0 Å². The molecule has 0 saturated heterocycles. The van der Waals surface area contributed by atoms with Gasteiger partial charge in [0.25, 0.3) is 0 Å². The van der Waals surface area contributed by atoms with Crippen molar-refractivity contribution in [3.63, 3.8) is 0 Å². The summed E-state index contributed by atoms with van der Waals surface area (Å²) in [4.78, 5) is 37.1. The van der Waals surface area contributed by atoms with E-state index in [-0.39, 0.29) is 32.2 Å². The molecule has 0 aliphatic carbocycles. The highest BCUT2D eigenvalue weighted by molar-refractivity contribution is 5.70. The molecule has 2 unspecified atom stereocenters. The smallest absolute Gasteiger partial charge is 0.306 e. The number of carbonyl (C=O) groups is 3. The van der Waals surface area contributed by atoms with E-state index in [0.29, 0.717) is 17.4 Å². The van der Waals surface area contributed by atoms with Crippen molar-refractivity contribution in [2.75, 3.05) is 47.5 Å². The van der Waals surface area contributed by atoms with Crippen LogP contribution < -0.4 is 5.11 Å². The molecular formula is C49H95NO8. The number of nitrogens with zero attached hydrogens (tertiary/aromatic N) is 1. The van der Waals surface area contributed by atoms with Crippen molar-refractivity contribution < 1.29 is 42.9 Å². The minimum absolute atomic E-state index is 0.153. The quantitative estimate of drug-likeness (QED) is 0.0258. The number of esters is 2. The third kappa shape index (κ3) is 42.4. The van der Waals surface area contributed by atoms with E-state index in [1.165, 1.54) is 173 Å². The molecule has 58 heavy (non-hydrogen) atoms. The average molecular weight is 826 g/mol. The van der Waals surface area contributed by atoms with E-state index in [9.17, 15) is 19.5 Å². The normalized spacial score (nSPS) is 12.8. The Morgan fingerprint density at radius 1 is 0.448 bits per heavy atom. The van der Waals surface area contributed by atoms with Crippen molar-refractivity contribution in [2.45, 2.75) is 251 Å². The lowest BCUT2D eigenvalue weighted by Gasteiger charge is -2.26. The molecule has 0 spiro atoms. The Hall–Kier alpha value is -1.71. The summed E-state index contributed by atoms with van der Waals surface area (Å²) in [7, 11) is 5.92. The topological polar surface area (TPSA) is 111 Å². The van der Waals surface area contributed by atoms with Crippen LogP contribution in [0, 0.1) is 0 Å². The van der Waals surface area contributed by atoms with Gasteiger partial charge >= 0.3 is 11.9 Å². The highest BCUT2D eigenvalue weighted by Crippen LogP contribution is 2.17. The lowest BCUT2D eigenvalue weighted by molar-refractivity contribution is -0.870. The lowest BCUT2D eigenvalue weighted by atomic mass is 10.0. The number of hydrogen-bond donors (Lipinski definition) is 0. The van der Waals surface area contributed by atoms with E-state index >= 15 is 0 Å². The van der Waals surface area contributed by atoms with Gasteiger partial charge in [-0.25, -0.2) is 0 Å². The molecule has 9 heteroatoms. The standard InChI is InChI=1S/C49H95NO8/c1-6-8-10-12-14-16-18-20-22-23-24-26-28-30-32-34-36-38-40-47(52)58-45(44-57-49(48(53)54)55-42-41-50(3,4)5)43-56-46(51)39-37-35-33-31-29-27-25-21-19-17-15-13-11-9-7-2/h45,49H,6-44H2,1-5H3. The van der Waals surface area contributed by atoms with Gasteiger partial charge in [-0.1, -0.05) is 213 Å². The Labute approximate surface area is 358 Å². The van der Waals surface area contributed by atoms with Crippen molar-refractivity contribution in [3.05, 3.63) is 0 Å². The molecule has 0 N–H and O–H groups in total. The molecule has 0 amide bonds. The van der Waals surface area contributed by atoms with Crippen LogP contribution in [0.3, 0.4) is 0 Å². The van der Waals surface area contributed by atoms with E-state index in [1.54, 1.807) is 0 Å². The summed E-state index contributed by atoms with van der Waals surface area (Å²) in [5, 5.41) is 11.7. The van der Waals surface area contributed by atoms with E-state index in [4.69, 9.17) is 18.9 Å². The number of aliphatic carboxylic acids is 1. The highest BCUT2D eigenvalue weighted by atomic mass is 16.7. The molecule has 0 aromatic heterocycles. The summed E-state index contributed by atoms with van der Waals surface area (Å²) < 4.78 is 22.6. The summed E-state index contributed by atoms with van der Waals surface area (Å²) >= 11 is 0. The fourth-order valence-corrected chi connectivity index (χ4v) is 7.24. The summed E-state index contributed by atoms with van der Waals surface area (Å²) in [6.07, 6.45) is 39.8. The maximum absolute atomic E-state index is 12.8. The summed E-state index contributed by atoms with van der Waals surface area (Å²) in [6.45, 7) is 4.79. The Bertz CT molecular complexity index is 923. The minimum atomic E-state index is -1.61. The van der Waals surface area contributed by atoms with Gasteiger partial charge < -0.3 is 33.3 Å². The number of carbonyl (C=O) groups excluding carboxylic acids is 3. The van der Waals surface area contributed by atoms with Gasteiger partial charge in [-0.3, -0.25) is 9.59 Å². The first-order valence-electron chi connectivity index (χ1n) is 24.7. The second-order valence-corrected chi connectivity index (χ2v) is 18.1. The first kappa shape index (κ1) is 56.3. The van der Waals surface area contributed by atoms with Gasteiger partial charge in [0, 0.05) is 12.8 Å². The van der Waals surface area contributed by atoms with Gasteiger partial charge in [0.15, 0.2) is 12.4 Å². The van der Waals surface area contributed by atoms with Crippen LogP contribution in [0.15, 0.2) is 0 Å². The van der Waals surface area contributed by atoms with Crippen LogP contribution in [0.1, 0.15) is 239 Å². The number of quaternary nitrogens is 1. The molecule has 0 aliphatic heterocycles. The Morgan fingerprint density at radius 3 is 1.10 bits per heavy atom. The summed E-state index contributed by atoms with van der Waals surface area (Å²) in [5.74, 6) is -2.26. The minimum Gasteiger partial charge on any atom is -0.545 e. The highest BCUT2D eigenvalue weighted by Gasteiger charge is 2.22. The zero-order valence-corrected chi connectivity index (χ0v) is 38.9. The second-order valence-electron chi connectivity index (χ2n) is 18.1. The predicted molar refractivity (Wildman–Crippen MR) is 237 cm³/mol. The van der Waals surface area contributed by atoms with Crippen molar-refractivity contribution in [3.8, 4) is 0 Å². The maximum atomic E-state index is 12.8. The predicted octanol–water partition coefficient (Wildman–Crippen LogP) is 12.0. The SMILES string of the molecule is CCCCCCCCCCCCCCCCCCCCC(=O)OC(COC(=O)CCCCCCCCCCCCCCCCC)COC(OCC[N+](C)(C)C)C(=O)[O-]. The third-order valence-corrected chi connectivity index (χ3v) is 11.1. The Balaban J connectivity index is 4.32. The van der Waals surface area contributed by atoms with Crippen LogP contribution in [0.2, 0.25) is 0 Å². The van der Waals surface area contributed by atoms with Crippen LogP contribution in [0.5, 0.6) is 0 Å². The van der Waals surface area contributed by atoms with E-state index in [2.05, 4.69) is 13.8 Å². The molecule has 2 atom stereocenters. The van der Waals surface area contributed by atoms with Crippen molar-refractivity contribution in [1.82, 2.24) is 0 Å². The molecule has 344 valence electrons. The largest absolute Gasteiger partial charge is 0.545 e. The fourth-order valence-electron chi connectivity index (χ4n) is 7.24. The van der Waals surface area contributed by atoms with E-state index < -0.39 is 24.3 Å². The van der Waals surface area contributed by atoms with Gasteiger partial charge in [-0.15, -0.1) is 0 Å². The number of rotatable bonds is 46. The van der Waals surface area contributed by atoms with Crippen molar-refractivity contribution in [1.29, 1.82) is 0 Å². The van der Waals surface area contributed by atoms with Crippen LogP contribution in [0.25, 0.3) is 0 Å². The van der Waals surface area contributed by atoms with Gasteiger partial charge in [0.2, 0.25) is 0 Å². The molecule has 0 aromatic rings. The Kier molecular flexibility index (Phi) is 40.8. The number of likely N-dealkylation sites (N-methyl/N-ethyl adjacent to an activating group) is 1. The molecular weight excluding hydrogens is 731 g/mol. The Morgan fingerprint density at radius 2 is 0.776 bits per heavy atom. The van der Waals surface area contributed by atoms with E-state index in [1.807, 2.05) is 21.1 Å². The second kappa shape index (κ2) is 42.0. The number of carboxylic acids is 1. The van der Waals surface area contributed by atoms with Crippen molar-refractivity contribution in [2.24, 2.45) is 0 Å². The molecule has 0 rings (SSSR count). The molecule has 0 aromatic carbocycles. The van der Waals surface area contributed by atoms with Gasteiger partial charge in [0.05, 0.1) is 40.3 Å². The zero-order valence-electron chi connectivity index (χ0n) is 38.9. The van der Waals surface area contributed by atoms with Gasteiger partial charge in [0.1, 0.15) is 13.2 Å². The number of unbranched alkanes of at least 4 members (excludes halogenated alkanes) is 31. The number of ether oxygens (including phenoxy) is 4. The average Bonchev–Trinajstić information content (AvgIpc) is 3.18. The van der Waals surface area contributed by atoms with Crippen LogP contribution in [-0.2, 0) is 33.3 Å². The molecule has 0 aliphatic rings. The third-order valence-electron chi connectivity index (χ3n) is 11.1. The zero-order chi connectivity index (χ0) is 42.8. The summed E-state index contributed by atoms with van der Waals surface area (Å²) in [6, 6.07) is 0. The maximum Gasteiger partial charge on any atom is 0.306 e. The first-order valence-corrected chi connectivity index (χ1v) is 24.7. The van der Waals surface area contributed by atoms with E-state index in [0.717, 1.165) is 38.5 Å². The van der Waals surface area contributed by atoms with Crippen LogP contribution >= 0.6 is 0 Å². The molecule has 0 saturated carbocycles. The first-order chi connectivity index (χ1) is 28.1. The number of carboxylic acid groups (broad SMARTS) is 1. The molecule has 0 bridgehead atoms.